The summed E-state index contributed by atoms with van der Waals surface area (Å²) in [5, 5.41) is 1.79. The van der Waals surface area contributed by atoms with Gasteiger partial charge >= 0.3 is 5.97 Å². The minimum absolute atomic E-state index is 0.152. The van der Waals surface area contributed by atoms with E-state index in [1.807, 2.05) is 20.8 Å². The number of rotatable bonds is 6. The minimum atomic E-state index is -0.433. The standard InChI is InChI=1S/C14H28N2O3/c1-14(2,3)13(17)19-16-10-8-15(9-11-16)7-5-6-12-18-4/h5-12H2,1-4H3. The van der Waals surface area contributed by atoms with Gasteiger partial charge in [0.05, 0.1) is 5.41 Å². The SMILES string of the molecule is COCCCCN1CCN(OC(=O)C(C)(C)C)CC1. The van der Waals surface area contributed by atoms with E-state index in [9.17, 15) is 4.79 Å². The number of hydrogen-bond donors (Lipinski definition) is 0. The molecule has 1 saturated heterocycles. The zero-order valence-corrected chi connectivity index (χ0v) is 12.8. The molecule has 0 aromatic heterocycles. The van der Waals surface area contributed by atoms with E-state index in [2.05, 4.69) is 4.90 Å². The molecule has 1 fully saturated rings. The highest BCUT2D eigenvalue weighted by Crippen LogP contribution is 2.16. The first-order valence-corrected chi connectivity index (χ1v) is 7.12. The maximum absolute atomic E-state index is 11.8. The average Bonchev–Trinajstić information content (AvgIpc) is 2.35. The number of nitrogens with zero attached hydrogens (tertiary/aromatic N) is 2. The smallest absolute Gasteiger partial charge is 0.330 e. The quantitative estimate of drug-likeness (QED) is 0.686. The topological polar surface area (TPSA) is 42.0 Å². The lowest BCUT2D eigenvalue weighted by Crippen LogP contribution is -2.48. The summed E-state index contributed by atoms with van der Waals surface area (Å²) in [6.45, 7) is 11.1. The van der Waals surface area contributed by atoms with Crippen LogP contribution in [0, 0.1) is 5.41 Å². The molecule has 1 aliphatic heterocycles. The Hall–Kier alpha value is -0.650. The van der Waals surface area contributed by atoms with Crippen LogP contribution in [-0.2, 0) is 14.4 Å². The van der Waals surface area contributed by atoms with Gasteiger partial charge < -0.3 is 14.5 Å². The van der Waals surface area contributed by atoms with E-state index in [1.54, 1.807) is 12.2 Å². The molecule has 19 heavy (non-hydrogen) atoms. The molecule has 0 radical (unpaired) electrons. The van der Waals surface area contributed by atoms with Gasteiger partial charge in [0.2, 0.25) is 0 Å². The fraction of sp³-hybridized carbons (Fsp3) is 0.929. The van der Waals surface area contributed by atoms with Crippen LogP contribution in [0.2, 0.25) is 0 Å². The minimum Gasteiger partial charge on any atom is -0.385 e. The van der Waals surface area contributed by atoms with Gasteiger partial charge in [-0.25, -0.2) is 4.79 Å². The second-order valence-corrected chi connectivity index (χ2v) is 6.10. The van der Waals surface area contributed by atoms with Crippen LogP contribution in [0.3, 0.4) is 0 Å². The number of piperazine rings is 1. The molecule has 1 aliphatic rings. The summed E-state index contributed by atoms with van der Waals surface area (Å²) in [5.41, 5.74) is -0.433. The highest BCUT2D eigenvalue weighted by molar-refractivity contribution is 5.75. The van der Waals surface area contributed by atoms with Gasteiger partial charge in [-0.15, -0.1) is 5.06 Å². The highest BCUT2D eigenvalue weighted by atomic mass is 16.7. The summed E-state index contributed by atoms with van der Waals surface area (Å²) in [5.74, 6) is -0.152. The van der Waals surface area contributed by atoms with E-state index in [0.29, 0.717) is 0 Å². The number of carbonyl (C=O) groups is 1. The Morgan fingerprint density at radius 2 is 1.74 bits per heavy atom. The third-order valence-corrected chi connectivity index (χ3v) is 3.23. The van der Waals surface area contributed by atoms with Crippen molar-refractivity contribution in [3.63, 3.8) is 0 Å². The van der Waals surface area contributed by atoms with Crippen LogP contribution in [0.15, 0.2) is 0 Å². The Kier molecular flexibility index (Phi) is 6.75. The Labute approximate surface area is 116 Å². The van der Waals surface area contributed by atoms with Crippen molar-refractivity contribution in [3.05, 3.63) is 0 Å². The zero-order valence-electron chi connectivity index (χ0n) is 12.8. The van der Waals surface area contributed by atoms with Gasteiger partial charge in [-0.3, -0.25) is 0 Å². The van der Waals surface area contributed by atoms with Crippen LogP contribution in [0.5, 0.6) is 0 Å². The lowest BCUT2D eigenvalue weighted by Gasteiger charge is -2.34. The lowest BCUT2D eigenvalue weighted by molar-refractivity contribution is -0.206. The number of methoxy groups -OCH3 is 1. The molecular weight excluding hydrogens is 244 g/mol. The third kappa shape index (κ3) is 6.36. The van der Waals surface area contributed by atoms with Gasteiger partial charge in [-0.05, 0) is 40.2 Å². The molecule has 1 heterocycles. The Morgan fingerprint density at radius 3 is 2.26 bits per heavy atom. The first kappa shape index (κ1) is 16.4. The molecule has 0 aromatic carbocycles. The second-order valence-electron chi connectivity index (χ2n) is 6.10. The predicted octanol–water partition coefficient (Wildman–Crippen LogP) is 1.53. The first-order chi connectivity index (χ1) is 8.93. The van der Waals surface area contributed by atoms with Gasteiger partial charge in [0.1, 0.15) is 0 Å². The lowest BCUT2D eigenvalue weighted by atomic mass is 9.98. The molecule has 0 atom stereocenters. The first-order valence-electron chi connectivity index (χ1n) is 7.12. The van der Waals surface area contributed by atoms with E-state index in [0.717, 1.165) is 52.2 Å². The van der Waals surface area contributed by atoms with Crippen molar-refractivity contribution in [1.82, 2.24) is 9.96 Å². The molecule has 0 aromatic rings. The van der Waals surface area contributed by atoms with Gasteiger partial charge in [0.25, 0.3) is 0 Å². The maximum atomic E-state index is 11.8. The van der Waals surface area contributed by atoms with Crippen LogP contribution in [0.4, 0.5) is 0 Å². The van der Waals surface area contributed by atoms with Crippen molar-refractivity contribution in [2.24, 2.45) is 5.41 Å². The van der Waals surface area contributed by atoms with Crippen LogP contribution >= 0.6 is 0 Å². The van der Waals surface area contributed by atoms with E-state index in [4.69, 9.17) is 9.57 Å². The maximum Gasteiger partial charge on any atom is 0.330 e. The molecule has 0 aliphatic carbocycles. The van der Waals surface area contributed by atoms with Crippen LogP contribution in [0.1, 0.15) is 33.6 Å². The van der Waals surface area contributed by atoms with Crippen molar-refractivity contribution in [1.29, 1.82) is 0 Å². The Balaban J connectivity index is 2.17. The molecular formula is C14H28N2O3. The van der Waals surface area contributed by atoms with Crippen LogP contribution < -0.4 is 0 Å². The van der Waals surface area contributed by atoms with Crippen molar-refractivity contribution in [2.75, 3.05) is 46.4 Å². The fourth-order valence-corrected chi connectivity index (χ4v) is 1.88. The number of hydrogen-bond acceptors (Lipinski definition) is 5. The fourth-order valence-electron chi connectivity index (χ4n) is 1.88. The van der Waals surface area contributed by atoms with Crippen molar-refractivity contribution in [3.8, 4) is 0 Å². The molecule has 0 saturated carbocycles. The van der Waals surface area contributed by atoms with Crippen molar-refractivity contribution in [2.45, 2.75) is 33.6 Å². The molecule has 112 valence electrons. The highest BCUT2D eigenvalue weighted by Gasteiger charge is 2.27. The van der Waals surface area contributed by atoms with E-state index < -0.39 is 5.41 Å². The van der Waals surface area contributed by atoms with E-state index in [1.165, 1.54) is 0 Å². The summed E-state index contributed by atoms with van der Waals surface area (Å²) in [4.78, 5) is 19.6. The molecule has 0 unspecified atom stereocenters. The van der Waals surface area contributed by atoms with Crippen LogP contribution in [0.25, 0.3) is 0 Å². The zero-order chi connectivity index (χ0) is 14.3. The van der Waals surface area contributed by atoms with E-state index in [-0.39, 0.29) is 5.97 Å². The van der Waals surface area contributed by atoms with Crippen molar-refractivity contribution < 1.29 is 14.4 Å². The Morgan fingerprint density at radius 1 is 1.11 bits per heavy atom. The number of carbonyl (C=O) groups excluding carboxylic acids is 1. The van der Waals surface area contributed by atoms with Crippen molar-refractivity contribution >= 4 is 5.97 Å². The average molecular weight is 272 g/mol. The van der Waals surface area contributed by atoms with Gasteiger partial charge in [0.15, 0.2) is 0 Å². The third-order valence-electron chi connectivity index (χ3n) is 3.23. The summed E-state index contributed by atoms with van der Waals surface area (Å²) in [7, 11) is 1.74. The molecule has 5 heteroatoms. The molecule has 0 bridgehead atoms. The molecule has 0 spiro atoms. The monoisotopic (exact) mass is 272 g/mol. The molecule has 0 amide bonds. The number of ether oxygens (including phenoxy) is 1. The summed E-state index contributed by atoms with van der Waals surface area (Å²) in [6, 6.07) is 0. The summed E-state index contributed by atoms with van der Waals surface area (Å²) < 4.78 is 5.04. The second kappa shape index (κ2) is 7.82. The van der Waals surface area contributed by atoms with E-state index >= 15 is 0 Å². The number of unbranched alkanes of at least 4 members (excludes halogenated alkanes) is 1. The Bertz CT molecular complexity index is 268. The van der Waals surface area contributed by atoms with Crippen LogP contribution in [-0.4, -0.2) is 62.4 Å². The normalized spacial score (nSPS) is 18.5. The predicted molar refractivity (Wildman–Crippen MR) is 74.7 cm³/mol. The largest absolute Gasteiger partial charge is 0.385 e. The van der Waals surface area contributed by atoms with Gasteiger partial charge in [0, 0.05) is 39.9 Å². The molecule has 1 rings (SSSR count). The molecule has 5 nitrogen and oxygen atoms in total. The molecule has 0 N–H and O–H groups in total. The summed E-state index contributed by atoms with van der Waals surface area (Å²) >= 11 is 0. The van der Waals surface area contributed by atoms with Gasteiger partial charge in [-0.2, -0.15) is 0 Å². The number of hydroxylamine groups is 2. The summed E-state index contributed by atoms with van der Waals surface area (Å²) in [6.07, 6.45) is 2.27. The van der Waals surface area contributed by atoms with Gasteiger partial charge in [-0.1, -0.05) is 0 Å².